The lowest BCUT2D eigenvalue weighted by Crippen LogP contribution is -2.17. The van der Waals surface area contributed by atoms with Crippen LogP contribution in [0.1, 0.15) is 28.2 Å². The van der Waals surface area contributed by atoms with E-state index in [0.29, 0.717) is 6.47 Å². The first kappa shape index (κ1) is 10.5. The molecule has 0 bridgehead atoms. The topological polar surface area (TPSA) is 26.3 Å². The molecule has 0 spiro atoms. The van der Waals surface area contributed by atoms with Gasteiger partial charge in [0.25, 0.3) is 6.47 Å². The van der Waals surface area contributed by atoms with Crippen LogP contribution >= 0.6 is 0 Å². The van der Waals surface area contributed by atoms with Crippen LogP contribution in [-0.4, -0.2) is 12.1 Å². The molecule has 0 atom stereocenters. The maximum Gasteiger partial charge on any atom is 0.293 e. The molecule has 2 nitrogen and oxygen atoms in total. The second-order valence-electron chi connectivity index (χ2n) is 2.33. The maximum absolute atomic E-state index is 9.60. The first-order valence-electron chi connectivity index (χ1n) is 2.18. The molecule has 0 aliphatic carbocycles. The average molecular weight is 118 g/mol. The Morgan fingerprint density at radius 3 is 1.75 bits per heavy atom. The Labute approximate surface area is 50.8 Å². The van der Waals surface area contributed by atoms with Crippen LogP contribution in [0.25, 0.3) is 0 Å². The minimum Gasteiger partial charge on any atom is -0.462 e. The third-order valence-electron chi connectivity index (χ3n) is 0.402. The van der Waals surface area contributed by atoms with Gasteiger partial charge >= 0.3 is 0 Å². The van der Waals surface area contributed by atoms with E-state index in [1.807, 2.05) is 20.8 Å². The summed E-state index contributed by atoms with van der Waals surface area (Å²) in [6.07, 6.45) is 0. The highest BCUT2D eigenvalue weighted by Crippen LogP contribution is 2.02. The number of carbonyl (C=O) groups excluding carboxylic acids is 1. The molecule has 0 saturated carbocycles. The molecule has 50 valence electrons. The molecule has 2 heteroatoms. The van der Waals surface area contributed by atoms with Crippen LogP contribution in [-0.2, 0) is 9.53 Å². The van der Waals surface area contributed by atoms with Gasteiger partial charge < -0.3 is 4.74 Å². The van der Waals surface area contributed by atoms with Crippen molar-refractivity contribution in [3.63, 3.8) is 0 Å². The summed E-state index contributed by atoms with van der Waals surface area (Å²) in [5.41, 5.74) is -0.318. The molecule has 0 unspecified atom stereocenters. The monoisotopic (exact) mass is 118 g/mol. The smallest absolute Gasteiger partial charge is 0.293 e. The van der Waals surface area contributed by atoms with Crippen LogP contribution in [0.3, 0.4) is 0 Å². The Bertz CT molecular complexity index is 61.4. The van der Waals surface area contributed by atoms with E-state index in [0.717, 1.165) is 0 Å². The SMILES string of the molecule is C.CC(C)(C)OC=O. The summed E-state index contributed by atoms with van der Waals surface area (Å²) in [5, 5.41) is 0. The zero-order valence-corrected chi connectivity index (χ0v) is 4.89. The van der Waals surface area contributed by atoms with Gasteiger partial charge in [-0.1, -0.05) is 7.43 Å². The lowest BCUT2D eigenvalue weighted by Gasteiger charge is -2.14. The second-order valence-corrected chi connectivity index (χ2v) is 2.33. The minimum atomic E-state index is -0.318. The van der Waals surface area contributed by atoms with E-state index in [1.165, 1.54) is 0 Å². The quantitative estimate of drug-likeness (QED) is 0.489. The molecule has 0 heterocycles. The summed E-state index contributed by atoms with van der Waals surface area (Å²) < 4.78 is 4.55. The summed E-state index contributed by atoms with van der Waals surface area (Å²) in [7, 11) is 0. The lowest BCUT2D eigenvalue weighted by molar-refractivity contribution is -0.138. The minimum absolute atomic E-state index is 0. The summed E-state index contributed by atoms with van der Waals surface area (Å²) in [4.78, 5) is 9.60. The predicted octanol–water partition coefficient (Wildman–Crippen LogP) is 1.59. The van der Waals surface area contributed by atoms with Gasteiger partial charge in [0.05, 0.1) is 0 Å². The van der Waals surface area contributed by atoms with E-state index in [9.17, 15) is 4.79 Å². The zero-order valence-electron chi connectivity index (χ0n) is 4.89. The summed E-state index contributed by atoms with van der Waals surface area (Å²) >= 11 is 0. The van der Waals surface area contributed by atoms with Crippen molar-refractivity contribution in [1.82, 2.24) is 0 Å². The maximum atomic E-state index is 9.60. The van der Waals surface area contributed by atoms with Gasteiger partial charge in [0, 0.05) is 0 Å². The molecule has 0 rings (SSSR count). The van der Waals surface area contributed by atoms with Gasteiger partial charge in [-0.05, 0) is 20.8 Å². The predicted molar refractivity (Wildman–Crippen MR) is 33.6 cm³/mol. The van der Waals surface area contributed by atoms with Gasteiger partial charge in [0.15, 0.2) is 0 Å². The fourth-order valence-corrected chi connectivity index (χ4v) is 0.144. The van der Waals surface area contributed by atoms with E-state index >= 15 is 0 Å². The number of carbonyl (C=O) groups is 1. The van der Waals surface area contributed by atoms with E-state index in [4.69, 9.17) is 0 Å². The fourth-order valence-electron chi connectivity index (χ4n) is 0.144. The van der Waals surface area contributed by atoms with Gasteiger partial charge in [0.1, 0.15) is 5.60 Å². The van der Waals surface area contributed by atoms with Crippen LogP contribution in [0, 0.1) is 0 Å². The van der Waals surface area contributed by atoms with Gasteiger partial charge in [-0.25, -0.2) is 0 Å². The number of hydrogen-bond donors (Lipinski definition) is 0. The molecule has 0 fully saturated rings. The Hall–Kier alpha value is -0.530. The van der Waals surface area contributed by atoms with E-state index in [1.54, 1.807) is 0 Å². The molecule has 0 aromatic rings. The Morgan fingerprint density at radius 1 is 1.38 bits per heavy atom. The summed E-state index contributed by atoms with van der Waals surface area (Å²) in [6, 6.07) is 0. The van der Waals surface area contributed by atoms with Crippen molar-refractivity contribution in [2.75, 3.05) is 0 Å². The standard InChI is InChI=1S/C5H10O2.CH4/c1-5(2,3)7-4-6;/h4H,1-3H3;1H4. The molecular formula is C6H14O2. The molecule has 0 saturated heterocycles. The van der Waals surface area contributed by atoms with Crippen LogP contribution in [0.5, 0.6) is 0 Å². The molecule has 0 aromatic carbocycles. The zero-order chi connectivity index (χ0) is 5.91. The van der Waals surface area contributed by atoms with Gasteiger partial charge in [-0.15, -0.1) is 0 Å². The Balaban J connectivity index is 0. The lowest BCUT2D eigenvalue weighted by atomic mass is 10.2. The summed E-state index contributed by atoms with van der Waals surface area (Å²) in [6.45, 7) is 5.92. The molecule has 0 aliphatic heterocycles. The van der Waals surface area contributed by atoms with Gasteiger partial charge in [-0.3, -0.25) is 4.79 Å². The number of hydrogen-bond acceptors (Lipinski definition) is 2. The van der Waals surface area contributed by atoms with E-state index in [-0.39, 0.29) is 13.0 Å². The third-order valence-corrected chi connectivity index (χ3v) is 0.402. The molecule has 8 heavy (non-hydrogen) atoms. The van der Waals surface area contributed by atoms with Crippen molar-refractivity contribution in [2.24, 2.45) is 0 Å². The average Bonchev–Trinajstić information content (AvgIpc) is 1.30. The molecule has 0 radical (unpaired) electrons. The molecule has 0 aromatic heterocycles. The Kier molecular flexibility index (Phi) is 4.53. The first-order chi connectivity index (χ1) is 3.06. The van der Waals surface area contributed by atoms with Crippen molar-refractivity contribution >= 4 is 6.47 Å². The molecule has 0 aliphatic rings. The highest BCUT2D eigenvalue weighted by atomic mass is 16.5. The van der Waals surface area contributed by atoms with Crippen molar-refractivity contribution in [3.8, 4) is 0 Å². The van der Waals surface area contributed by atoms with Crippen LogP contribution in [0.15, 0.2) is 0 Å². The second kappa shape index (κ2) is 3.47. The largest absolute Gasteiger partial charge is 0.462 e. The van der Waals surface area contributed by atoms with Crippen molar-refractivity contribution in [1.29, 1.82) is 0 Å². The van der Waals surface area contributed by atoms with E-state index < -0.39 is 0 Å². The first-order valence-corrected chi connectivity index (χ1v) is 2.18. The molecule has 0 N–H and O–H groups in total. The highest BCUT2D eigenvalue weighted by Gasteiger charge is 2.07. The van der Waals surface area contributed by atoms with Gasteiger partial charge in [-0.2, -0.15) is 0 Å². The number of rotatable bonds is 1. The number of ether oxygens (including phenoxy) is 1. The van der Waals surface area contributed by atoms with Crippen molar-refractivity contribution in [2.45, 2.75) is 33.8 Å². The van der Waals surface area contributed by atoms with Crippen molar-refractivity contribution in [3.05, 3.63) is 0 Å². The normalized spacial score (nSPS) is 9.38. The summed E-state index contributed by atoms with van der Waals surface area (Å²) in [5.74, 6) is 0. The van der Waals surface area contributed by atoms with Crippen LogP contribution < -0.4 is 0 Å². The van der Waals surface area contributed by atoms with Crippen LogP contribution in [0.4, 0.5) is 0 Å². The van der Waals surface area contributed by atoms with Crippen LogP contribution in [0.2, 0.25) is 0 Å². The Morgan fingerprint density at radius 2 is 1.75 bits per heavy atom. The molecule has 0 amide bonds. The van der Waals surface area contributed by atoms with Crippen molar-refractivity contribution < 1.29 is 9.53 Å². The third kappa shape index (κ3) is 9.08. The van der Waals surface area contributed by atoms with Gasteiger partial charge in [0.2, 0.25) is 0 Å². The molecular weight excluding hydrogens is 104 g/mol. The highest BCUT2D eigenvalue weighted by molar-refractivity contribution is 5.37. The fraction of sp³-hybridized carbons (Fsp3) is 0.833. The van der Waals surface area contributed by atoms with E-state index in [2.05, 4.69) is 4.74 Å².